The molecule has 0 unspecified atom stereocenters. The van der Waals surface area contributed by atoms with Gasteiger partial charge in [-0.2, -0.15) is 0 Å². The summed E-state index contributed by atoms with van der Waals surface area (Å²) in [6, 6.07) is 6.19. The van der Waals surface area contributed by atoms with Crippen LogP contribution >= 0.6 is 0 Å². The summed E-state index contributed by atoms with van der Waals surface area (Å²) in [5, 5.41) is 10.2. The Hall–Kier alpha value is -2.30. The zero-order valence-electron chi connectivity index (χ0n) is 19.7. The Kier molecular flexibility index (Phi) is 15.0. The van der Waals surface area contributed by atoms with Gasteiger partial charge in [0, 0.05) is 11.3 Å². The van der Waals surface area contributed by atoms with E-state index < -0.39 is 5.97 Å². The van der Waals surface area contributed by atoms with Gasteiger partial charge in [-0.25, -0.2) is 9.13 Å². The highest BCUT2D eigenvalue weighted by molar-refractivity contribution is 5.91. The summed E-state index contributed by atoms with van der Waals surface area (Å²) in [6.45, 7) is 6.94. The smallest absolute Gasteiger partial charge is 0.243 e. The predicted molar refractivity (Wildman–Crippen MR) is 127 cm³/mol. The lowest BCUT2D eigenvalue weighted by atomic mass is 10.1. The van der Waals surface area contributed by atoms with Crippen molar-refractivity contribution < 1.29 is 14.5 Å². The predicted octanol–water partition coefficient (Wildman–Crippen LogP) is 5.13. The first-order valence-corrected chi connectivity index (χ1v) is 12.2. The Morgan fingerprint density at radius 3 is 2.06 bits per heavy atom. The zero-order valence-corrected chi connectivity index (χ0v) is 19.7. The van der Waals surface area contributed by atoms with Crippen molar-refractivity contribution in [3.63, 3.8) is 0 Å². The van der Waals surface area contributed by atoms with Gasteiger partial charge in [-0.05, 0) is 31.7 Å². The second kappa shape index (κ2) is 17.4. The average molecular weight is 430 g/mol. The molecule has 1 aromatic heterocycles. The molecule has 31 heavy (non-hydrogen) atoms. The lowest BCUT2D eigenvalue weighted by Crippen LogP contribution is -2.30. The summed E-state index contributed by atoms with van der Waals surface area (Å²) in [5.41, 5.74) is 5.58. The molecule has 0 fully saturated rings. The molecule has 0 aliphatic rings. The first kappa shape index (κ1) is 26.7. The number of aromatic carboxylic acids is 1. The van der Waals surface area contributed by atoms with E-state index in [1.165, 1.54) is 102 Å². The summed E-state index contributed by atoms with van der Waals surface area (Å²) in [6.07, 6.45) is 23.3. The van der Waals surface area contributed by atoms with Crippen LogP contribution in [-0.2, 0) is 13.1 Å². The van der Waals surface area contributed by atoms with Gasteiger partial charge in [0.1, 0.15) is 12.4 Å². The molecule has 1 aromatic carbocycles. The van der Waals surface area contributed by atoms with Crippen LogP contribution in [0.2, 0.25) is 0 Å². The van der Waals surface area contributed by atoms with Crippen molar-refractivity contribution in [1.29, 1.82) is 0 Å². The number of nitrogens with zero attached hydrogens (tertiary/aromatic N) is 2. The lowest BCUT2D eigenvalue weighted by Gasteiger charge is -2.03. The largest absolute Gasteiger partial charge is 0.545 e. The number of carbonyl (C=O) groups is 1. The number of para-hydroxylation sites is 1. The van der Waals surface area contributed by atoms with Crippen LogP contribution in [0.25, 0.3) is 0 Å². The molecule has 0 aliphatic heterocycles. The van der Waals surface area contributed by atoms with Crippen LogP contribution in [-0.4, -0.2) is 10.5 Å². The van der Waals surface area contributed by atoms with Crippen LogP contribution in [0, 0.1) is 0 Å². The van der Waals surface area contributed by atoms with Gasteiger partial charge in [-0.3, -0.25) is 0 Å². The van der Waals surface area contributed by atoms with Gasteiger partial charge >= 0.3 is 0 Å². The van der Waals surface area contributed by atoms with E-state index in [1.54, 1.807) is 12.1 Å². The fraction of sp³-hybridized carbons (Fsp3) is 0.615. The molecule has 1 heterocycles. The summed E-state index contributed by atoms with van der Waals surface area (Å²) >= 11 is 0. The molecule has 0 saturated heterocycles. The molecular formula is C26H43N3O2. The van der Waals surface area contributed by atoms with Crippen LogP contribution in [0.15, 0.2) is 43.0 Å². The van der Waals surface area contributed by atoms with Crippen LogP contribution in [0.3, 0.4) is 0 Å². The fourth-order valence-electron chi connectivity index (χ4n) is 3.54. The Balaban J connectivity index is 0.000000399. The van der Waals surface area contributed by atoms with E-state index in [-0.39, 0.29) is 11.3 Å². The molecular weight excluding hydrogens is 386 g/mol. The van der Waals surface area contributed by atoms with Gasteiger partial charge in [0.2, 0.25) is 6.33 Å². The van der Waals surface area contributed by atoms with E-state index in [0.29, 0.717) is 0 Å². The minimum atomic E-state index is -1.24. The lowest BCUT2D eigenvalue weighted by molar-refractivity contribution is -0.696. The highest BCUT2D eigenvalue weighted by Gasteiger charge is 2.03. The van der Waals surface area contributed by atoms with Crippen molar-refractivity contribution in [1.82, 2.24) is 4.57 Å². The number of unbranched alkanes of at least 4 members (excludes halogenated alkanes) is 10. The maximum absolute atomic E-state index is 10.2. The van der Waals surface area contributed by atoms with Gasteiger partial charge < -0.3 is 15.6 Å². The minimum absolute atomic E-state index is 0.0440. The van der Waals surface area contributed by atoms with Gasteiger partial charge in [-0.1, -0.05) is 83.4 Å². The number of carboxylic acid groups (broad SMARTS) is 1. The Morgan fingerprint density at radius 1 is 0.903 bits per heavy atom. The molecule has 0 spiro atoms. The van der Waals surface area contributed by atoms with Crippen molar-refractivity contribution in [3.05, 3.63) is 48.5 Å². The standard InChI is InChI=1S/C19H37N2.C7H7NO2/c1-3-5-7-9-11-13-15-20-17-18-21(19-20)16-14-12-10-8-6-4-2;8-6-4-2-1-3-5(6)7(9)10/h17-19H,3-16H2,1-2H3;1-4H,8H2,(H,9,10)/q+1;/p-1. The molecule has 0 amide bonds. The molecule has 5 nitrogen and oxygen atoms in total. The number of aromatic nitrogens is 2. The minimum Gasteiger partial charge on any atom is -0.545 e. The molecule has 0 saturated carbocycles. The Morgan fingerprint density at radius 2 is 1.48 bits per heavy atom. The third kappa shape index (κ3) is 12.9. The first-order valence-electron chi connectivity index (χ1n) is 12.2. The summed E-state index contributed by atoms with van der Waals surface area (Å²) in [4.78, 5) is 10.2. The van der Waals surface area contributed by atoms with Crippen molar-refractivity contribution >= 4 is 11.7 Å². The number of anilines is 1. The highest BCUT2D eigenvalue weighted by Crippen LogP contribution is 2.08. The summed E-state index contributed by atoms with van der Waals surface area (Å²) in [5.74, 6) is -1.24. The number of hydrogen-bond donors (Lipinski definition) is 1. The van der Waals surface area contributed by atoms with Crippen molar-refractivity contribution in [3.8, 4) is 0 Å². The van der Waals surface area contributed by atoms with Crippen LogP contribution in [0.1, 0.15) is 101 Å². The molecule has 2 aromatic rings. The molecule has 5 heteroatoms. The number of carboxylic acids is 1. The normalized spacial score (nSPS) is 10.5. The van der Waals surface area contributed by atoms with Gasteiger partial charge in [-0.15, -0.1) is 0 Å². The number of nitrogens with two attached hydrogens (primary N) is 1. The number of nitrogen functional groups attached to an aromatic ring is 1. The van der Waals surface area contributed by atoms with Crippen molar-refractivity contribution in [2.75, 3.05) is 5.73 Å². The maximum atomic E-state index is 10.2. The van der Waals surface area contributed by atoms with Crippen LogP contribution in [0.5, 0.6) is 0 Å². The molecule has 2 rings (SSSR count). The SMILES string of the molecule is CCCCCCCCn1cc[n+](CCCCCCCC)c1.Nc1ccccc1C(=O)[O-]. The Labute approximate surface area is 189 Å². The maximum Gasteiger partial charge on any atom is 0.243 e. The van der Waals surface area contributed by atoms with Gasteiger partial charge in [0.05, 0.1) is 19.1 Å². The first-order chi connectivity index (χ1) is 15.1. The Bertz CT molecular complexity index is 682. The van der Waals surface area contributed by atoms with E-state index in [9.17, 15) is 9.90 Å². The fourth-order valence-corrected chi connectivity index (χ4v) is 3.54. The summed E-state index contributed by atoms with van der Waals surface area (Å²) in [7, 11) is 0. The number of aryl methyl sites for hydroxylation is 2. The molecule has 174 valence electrons. The highest BCUT2D eigenvalue weighted by atomic mass is 16.4. The second-order valence-corrected chi connectivity index (χ2v) is 8.30. The number of hydrogen-bond acceptors (Lipinski definition) is 3. The molecule has 0 bridgehead atoms. The third-order valence-electron chi connectivity index (χ3n) is 5.47. The van der Waals surface area contributed by atoms with Crippen LogP contribution < -0.4 is 15.4 Å². The molecule has 0 radical (unpaired) electrons. The second-order valence-electron chi connectivity index (χ2n) is 8.30. The van der Waals surface area contributed by atoms with Crippen LogP contribution in [0.4, 0.5) is 5.69 Å². The van der Waals surface area contributed by atoms with Crippen molar-refractivity contribution in [2.24, 2.45) is 0 Å². The topological polar surface area (TPSA) is 75.0 Å². The summed E-state index contributed by atoms with van der Waals surface area (Å²) < 4.78 is 4.72. The van der Waals surface area contributed by atoms with E-state index in [2.05, 4.69) is 41.7 Å². The molecule has 0 atom stereocenters. The number of carbonyl (C=O) groups excluding carboxylic acids is 1. The van der Waals surface area contributed by atoms with E-state index in [1.807, 2.05) is 0 Å². The molecule has 2 N–H and O–H groups in total. The van der Waals surface area contributed by atoms with E-state index in [0.717, 1.165) is 0 Å². The zero-order chi connectivity index (χ0) is 22.7. The number of rotatable bonds is 15. The number of imidazole rings is 1. The third-order valence-corrected chi connectivity index (χ3v) is 5.47. The van der Waals surface area contributed by atoms with Crippen molar-refractivity contribution in [2.45, 2.75) is 104 Å². The van der Waals surface area contributed by atoms with E-state index >= 15 is 0 Å². The number of benzene rings is 1. The molecule has 0 aliphatic carbocycles. The average Bonchev–Trinajstić information content (AvgIpc) is 3.21. The van der Waals surface area contributed by atoms with Gasteiger partial charge in [0.15, 0.2) is 0 Å². The monoisotopic (exact) mass is 429 g/mol. The quantitative estimate of drug-likeness (QED) is 0.242. The van der Waals surface area contributed by atoms with Gasteiger partial charge in [0.25, 0.3) is 0 Å². The van der Waals surface area contributed by atoms with E-state index in [4.69, 9.17) is 5.73 Å².